The van der Waals surface area contributed by atoms with Gasteiger partial charge in [0.05, 0.1) is 6.04 Å². The van der Waals surface area contributed by atoms with E-state index in [1.165, 1.54) is 0 Å². The van der Waals surface area contributed by atoms with E-state index in [1.807, 2.05) is 36.4 Å². The minimum Gasteiger partial charge on any atom is -0.271 e. The zero-order chi connectivity index (χ0) is 12.3. The lowest BCUT2D eigenvalue weighted by molar-refractivity contribution is 0.637. The van der Waals surface area contributed by atoms with Crippen LogP contribution in [0.25, 0.3) is 0 Å². The summed E-state index contributed by atoms with van der Waals surface area (Å²) in [5, 5.41) is 1.20. The van der Waals surface area contributed by atoms with E-state index in [2.05, 4.69) is 5.43 Å². The molecule has 0 spiro atoms. The molecule has 0 bridgehead atoms. The molecular weight excluding hydrogens is 255 g/mol. The third kappa shape index (κ3) is 2.61. The zero-order valence-electron chi connectivity index (χ0n) is 9.03. The molecule has 0 aliphatic heterocycles. The molecule has 0 amide bonds. The van der Waals surface area contributed by atoms with Gasteiger partial charge in [-0.2, -0.15) is 0 Å². The predicted octanol–water partition coefficient (Wildman–Crippen LogP) is 3.55. The summed E-state index contributed by atoms with van der Waals surface area (Å²) in [5.74, 6) is 5.61. The van der Waals surface area contributed by atoms with Crippen molar-refractivity contribution in [1.29, 1.82) is 0 Å². The first-order chi connectivity index (χ1) is 8.24. The minimum atomic E-state index is -0.211. The monoisotopic (exact) mass is 266 g/mol. The van der Waals surface area contributed by atoms with Gasteiger partial charge >= 0.3 is 0 Å². The Bertz CT molecular complexity index is 480. The van der Waals surface area contributed by atoms with Crippen molar-refractivity contribution in [2.24, 2.45) is 5.84 Å². The maximum absolute atomic E-state index is 6.17. The van der Waals surface area contributed by atoms with Gasteiger partial charge in [-0.25, -0.2) is 5.43 Å². The zero-order valence-corrected chi connectivity index (χ0v) is 10.5. The van der Waals surface area contributed by atoms with Gasteiger partial charge in [-0.3, -0.25) is 5.84 Å². The maximum atomic E-state index is 6.17. The molecule has 2 rings (SSSR count). The first-order valence-corrected chi connectivity index (χ1v) is 5.94. The quantitative estimate of drug-likeness (QED) is 0.659. The molecule has 1 atom stereocenters. The molecule has 17 heavy (non-hydrogen) atoms. The molecule has 0 heterocycles. The molecule has 3 N–H and O–H groups in total. The Balaban J connectivity index is 2.50. The van der Waals surface area contributed by atoms with Crippen LogP contribution in [0.1, 0.15) is 17.2 Å². The van der Waals surface area contributed by atoms with Crippen molar-refractivity contribution < 1.29 is 0 Å². The van der Waals surface area contributed by atoms with E-state index in [-0.39, 0.29) is 6.04 Å². The number of halogens is 2. The summed E-state index contributed by atoms with van der Waals surface area (Å²) in [6.45, 7) is 0. The summed E-state index contributed by atoms with van der Waals surface area (Å²) >= 11 is 12.3. The molecular formula is C13H12Cl2N2. The van der Waals surface area contributed by atoms with Crippen molar-refractivity contribution >= 4 is 23.2 Å². The van der Waals surface area contributed by atoms with Crippen LogP contribution in [0.15, 0.2) is 48.5 Å². The number of benzene rings is 2. The first kappa shape index (κ1) is 12.4. The lowest BCUT2D eigenvalue weighted by atomic mass is 9.99. The maximum Gasteiger partial charge on any atom is 0.0739 e. The Morgan fingerprint density at radius 3 is 2.00 bits per heavy atom. The highest BCUT2D eigenvalue weighted by atomic mass is 35.5. The number of hydrogen-bond acceptors (Lipinski definition) is 2. The molecule has 2 aromatic carbocycles. The lowest BCUT2D eigenvalue weighted by Gasteiger charge is -2.19. The van der Waals surface area contributed by atoms with E-state index in [0.29, 0.717) is 10.0 Å². The predicted molar refractivity (Wildman–Crippen MR) is 72.1 cm³/mol. The molecule has 0 aliphatic carbocycles. The third-order valence-electron chi connectivity index (χ3n) is 2.59. The normalized spacial score (nSPS) is 12.4. The smallest absolute Gasteiger partial charge is 0.0739 e. The van der Waals surface area contributed by atoms with Gasteiger partial charge in [-0.05, 0) is 17.7 Å². The standard InChI is InChI=1S/C13H12Cl2N2/c14-10-7-4-8-11(15)12(10)13(17-16)9-5-2-1-3-6-9/h1-8,13,17H,16H2. The molecule has 0 fully saturated rings. The number of rotatable bonds is 3. The molecule has 4 heteroatoms. The molecule has 2 aromatic rings. The second-order valence-electron chi connectivity index (χ2n) is 3.65. The van der Waals surface area contributed by atoms with E-state index in [0.717, 1.165) is 11.1 Å². The van der Waals surface area contributed by atoms with Crippen molar-refractivity contribution in [1.82, 2.24) is 5.43 Å². The Morgan fingerprint density at radius 2 is 1.47 bits per heavy atom. The van der Waals surface area contributed by atoms with Crippen LogP contribution in [0.3, 0.4) is 0 Å². The van der Waals surface area contributed by atoms with Crippen LogP contribution in [0.2, 0.25) is 10.0 Å². The fourth-order valence-electron chi connectivity index (χ4n) is 1.78. The van der Waals surface area contributed by atoms with Crippen molar-refractivity contribution in [2.45, 2.75) is 6.04 Å². The van der Waals surface area contributed by atoms with Crippen LogP contribution in [0, 0.1) is 0 Å². The highest BCUT2D eigenvalue weighted by molar-refractivity contribution is 6.36. The number of hydrogen-bond donors (Lipinski definition) is 2. The largest absolute Gasteiger partial charge is 0.271 e. The van der Waals surface area contributed by atoms with E-state index in [9.17, 15) is 0 Å². The van der Waals surface area contributed by atoms with E-state index >= 15 is 0 Å². The molecule has 0 aliphatic rings. The van der Waals surface area contributed by atoms with Crippen LogP contribution in [0.4, 0.5) is 0 Å². The molecule has 0 radical (unpaired) electrons. The SMILES string of the molecule is NNC(c1ccccc1)c1c(Cl)cccc1Cl. The Kier molecular flexibility index (Phi) is 4.02. The summed E-state index contributed by atoms with van der Waals surface area (Å²) in [5.41, 5.74) is 4.56. The molecule has 0 saturated carbocycles. The van der Waals surface area contributed by atoms with Crippen LogP contribution in [-0.2, 0) is 0 Å². The van der Waals surface area contributed by atoms with Crippen molar-refractivity contribution in [2.75, 3.05) is 0 Å². The highest BCUT2D eigenvalue weighted by Gasteiger charge is 2.18. The van der Waals surface area contributed by atoms with Gasteiger partial charge in [0.25, 0.3) is 0 Å². The molecule has 88 valence electrons. The molecule has 0 aromatic heterocycles. The molecule has 2 nitrogen and oxygen atoms in total. The summed E-state index contributed by atoms with van der Waals surface area (Å²) < 4.78 is 0. The molecule has 0 saturated heterocycles. The van der Waals surface area contributed by atoms with Crippen molar-refractivity contribution in [3.05, 3.63) is 69.7 Å². The summed E-state index contributed by atoms with van der Waals surface area (Å²) in [7, 11) is 0. The van der Waals surface area contributed by atoms with E-state index in [1.54, 1.807) is 12.1 Å². The Morgan fingerprint density at radius 1 is 0.882 bits per heavy atom. The number of hydrazine groups is 1. The van der Waals surface area contributed by atoms with Gasteiger partial charge in [-0.15, -0.1) is 0 Å². The van der Waals surface area contributed by atoms with Gasteiger partial charge in [-0.1, -0.05) is 59.6 Å². The second-order valence-corrected chi connectivity index (χ2v) is 4.46. The van der Waals surface area contributed by atoms with Gasteiger partial charge in [0.15, 0.2) is 0 Å². The van der Waals surface area contributed by atoms with Gasteiger partial charge in [0.1, 0.15) is 0 Å². The van der Waals surface area contributed by atoms with Crippen LogP contribution >= 0.6 is 23.2 Å². The van der Waals surface area contributed by atoms with E-state index < -0.39 is 0 Å². The summed E-state index contributed by atoms with van der Waals surface area (Å²) in [4.78, 5) is 0. The first-order valence-electron chi connectivity index (χ1n) is 5.19. The minimum absolute atomic E-state index is 0.211. The van der Waals surface area contributed by atoms with Gasteiger partial charge in [0, 0.05) is 15.6 Å². The Labute approximate surface area is 110 Å². The van der Waals surface area contributed by atoms with Gasteiger partial charge in [0.2, 0.25) is 0 Å². The number of nitrogens with two attached hydrogens (primary N) is 1. The lowest BCUT2D eigenvalue weighted by Crippen LogP contribution is -2.29. The van der Waals surface area contributed by atoms with Crippen molar-refractivity contribution in [3.8, 4) is 0 Å². The third-order valence-corrected chi connectivity index (χ3v) is 3.25. The average molecular weight is 267 g/mol. The fourth-order valence-corrected chi connectivity index (χ4v) is 2.39. The van der Waals surface area contributed by atoms with Crippen molar-refractivity contribution in [3.63, 3.8) is 0 Å². The van der Waals surface area contributed by atoms with Crippen LogP contribution in [-0.4, -0.2) is 0 Å². The second kappa shape index (κ2) is 5.52. The average Bonchev–Trinajstić information content (AvgIpc) is 2.35. The summed E-state index contributed by atoms with van der Waals surface area (Å²) in [6, 6.07) is 15.0. The Hall–Kier alpha value is -1.06. The van der Waals surface area contributed by atoms with Gasteiger partial charge < -0.3 is 0 Å². The van der Waals surface area contributed by atoms with E-state index in [4.69, 9.17) is 29.0 Å². The number of nitrogens with one attached hydrogen (secondary N) is 1. The van der Waals surface area contributed by atoms with Crippen LogP contribution in [0.5, 0.6) is 0 Å². The summed E-state index contributed by atoms with van der Waals surface area (Å²) in [6.07, 6.45) is 0. The topological polar surface area (TPSA) is 38.0 Å². The van der Waals surface area contributed by atoms with Crippen LogP contribution < -0.4 is 11.3 Å². The fraction of sp³-hybridized carbons (Fsp3) is 0.0769. The molecule has 1 unspecified atom stereocenters. The highest BCUT2D eigenvalue weighted by Crippen LogP contribution is 2.33.